The van der Waals surface area contributed by atoms with Crippen LogP contribution in [0, 0.1) is 0 Å². The Morgan fingerprint density at radius 3 is 2.86 bits per heavy atom. The molecule has 0 bridgehead atoms. The van der Waals surface area contributed by atoms with Crippen molar-refractivity contribution < 1.29 is 24.2 Å². The SMILES string of the molecule is Cn1ncc(NC(=O)c2ccc3c(c2)OCO3)c1C(=O)O. The van der Waals surface area contributed by atoms with Crippen LogP contribution < -0.4 is 14.8 Å². The fourth-order valence-electron chi connectivity index (χ4n) is 2.01. The van der Waals surface area contributed by atoms with Gasteiger partial charge in [0, 0.05) is 12.6 Å². The highest BCUT2D eigenvalue weighted by molar-refractivity contribution is 6.07. The highest BCUT2D eigenvalue weighted by atomic mass is 16.7. The van der Waals surface area contributed by atoms with Crippen LogP contribution in [0.5, 0.6) is 11.5 Å². The molecule has 1 aromatic carbocycles. The summed E-state index contributed by atoms with van der Waals surface area (Å²) >= 11 is 0. The lowest BCUT2D eigenvalue weighted by Gasteiger charge is -2.05. The topological polar surface area (TPSA) is 103 Å². The minimum absolute atomic E-state index is 0.0934. The fourth-order valence-corrected chi connectivity index (χ4v) is 2.01. The third-order valence-corrected chi connectivity index (χ3v) is 3.02. The second-order valence-corrected chi connectivity index (χ2v) is 4.36. The maximum Gasteiger partial charge on any atom is 0.356 e. The molecule has 2 aromatic rings. The molecule has 108 valence electrons. The summed E-state index contributed by atoms with van der Waals surface area (Å²) in [7, 11) is 1.49. The summed E-state index contributed by atoms with van der Waals surface area (Å²) in [4.78, 5) is 23.3. The zero-order valence-corrected chi connectivity index (χ0v) is 11.0. The van der Waals surface area contributed by atoms with Crippen molar-refractivity contribution in [1.82, 2.24) is 9.78 Å². The number of carboxylic acids is 1. The predicted octanol–water partition coefficient (Wildman–Crippen LogP) is 1.10. The van der Waals surface area contributed by atoms with E-state index in [1.54, 1.807) is 12.1 Å². The van der Waals surface area contributed by atoms with Crippen LogP contribution in [0.2, 0.25) is 0 Å². The third-order valence-electron chi connectivity index (χ3n) is 3.02. The maximum atomic E-state index is 12.2. The van der Waals surface area contributed by atoms with Gasteiger partial charge in [0.25, 0.3) is 5.91 Å². The number of aromatic nitrogens is 2. The van der Waals surface area contributed by atoms with Crippen molar-refractivity contribution in [2.45, 2.75) is 0 Å². The normalized spacial score (nSPS) is 12.2. The van der Waals surface area contributed by atoms with Gasteiger partial charge in [0.05, 0.1) is 11.9 Å². The van der Waals surface area contributed by atoms with Crippen molar-refractivity contribution in [2.24, 2.45) is 7.05 Å². The Labute approximate surface area is 118 Å². The number of nitrogens with zero attached hydrogens (tertiary/aromatic N) is 2. The van der Waals surface area contributed by atoms with Gasteiger partial charge in [-0.05, 0) is 18.2 Å². The molecule has 0 saturated heterocycles. The molecule has 8 heteroatoms. The van der Waals surface area contributed by atoms with Crippen molar-refractivity contribution in [3.63, 3.8) is 0 Å². The number of rotatable bonds is 3. The van der Waals surface area contributed by atoms with Crippen molar-refractivity contribution in [3.8, 4) is 11.5 Å². The molecule has 8 nitrogen and oxygen atoms in total. The fraction of sp³-hybridized carbons (Fsp3) is 0.154. The number of anilines is 1. The first-order valence-electron chi connectivity index (χ1n) is 6.02. The monoisotopic (exact) mass is 289 g/mol. The van der Waals surface area contributed by atoms with Crippen molar-refractivity contribution in [3.05, 3.63) is 35.7 Å². The first kappa shape index (κ1) is 13.0. The largest absolute Gasteiger partial charge is 0.476 e. The lowest BCUT2D eigenvalue weighted by atomic mass is 10.2. The standard InChI is InChI=1S/C13H11N3O5/c1-16-11(13(18)19)8(5-14-16)15-12(17)7-2-3-9-10(4-7)21-6-20-9/h2-5H,6H2,1H3,(H,15,17)(H,18,19). The summed E-state index contributed by atoms with van der Waals surface area (Å²) in [6.07, 6.45) is 1.29. The average Bonchev–Trinajstić information content (AvgIpc) is 3.04. The van der Waals surface area contributed by atoms with E-state index in [-0.39, 0.29) is 18.2 Å². The first-order valence-corrected chi connectivity index (χ1v) is 6.02. The number of carbonyl (C=O) groups excluding carboxylic acids is 1. The van der Waals surface area contributed by atoms with E-state index < -0.39 is 11.9 Å². The van der Waals surface area contributed by atoms with Gasteiger partial charge in [-0.15, -0.1) is 0 Å². The Balaban J connectivity index is 1.85. The number of hydrogen-bond acceptors (Lipinski definition) is 5. The summed E-state index contributed by atoms with van der Waals surface area (Å²) in [5.41, 5.74) is 0.371. The Bertz CT molecular complexity index is 737. The minimum atomic E-state index is -1.17. The van der Waals surface area contributed by atoms with Crippen LogP contribution in [-0.4, -0.2) is 33.6 Å². The number of amides is 1. The lowest BCUT2D eigenvalue weighted by molar-refractivity contribution is 0.0686. The van der Waals surface area contributed by atoms with Crippen LogP contribution in [0.15, 0.2) is 24.4 Å². The van der Waals surface area contributed by atoms with E-state index in [0.717, 1.165) is 0 Å². The molecule has 0 aliphatic carbocycles. The molecule has 0 radical (unpaired) electrons. The van der Waals surface area contributed by atoms with Gasteiger partial charge >= 0.3 is 5.97 Å². The summed E-state index contributed by atoms with van der Waals surface area (Å²) in [5.74, 6) is -0.578. The molecule has 0 spiro atoms. The van der Waals surface area contributed by atoms with Crippen molar-refractivity contribution in [1.29, 1.82) is 0 Å². The van der Waals surface area contributed by atoms with E-state index >= 15 is 0 Å². The highest BCUT2D eigenvalue weighted by Crippen LogP contribution is 2.32. The molecule has 2 heterocycles. The smallest absolute Gasteiger partial charge is 0.356 e. The second kappa shape index (κ2) is 4.82. The Morgan fingerprint density at radius 1 is 1.33 bits per heavy atom. The quantitative estimate of drug-likeness (QED) is 0.877. The van der Waals surface area contributed by atoms with Gasteiger partial charge in [-0.1, -0.05) is 0 Å². The minimum Gasteiger partial charge on any atom is -0.476 e. The van der Waals surface area contributed by atoms with Gasteiger partial charge < -0.3 is 19.9 Å². The molecule has 0 atom stereocenters. The van der Waals surface area contributed by atoms with Crippen LogP contribution in [0.3, 0.4) is 0 Å². The lowest BCUT2D eigenvalue weighted by Crippen LogP contribution is -2.15. The second-order valence-electron chi connectivity index (χ2n) is 4.36. The highest BCUT2D eigenvalue weighted by Gasteiger charge is 2.20. The van der Waals surface area contributed by atoms with E-state index in [9.17, 15) is 9.59 Å². The molecule has 1 aliphatic rings. The number of carboxylic acid groups (broad SMARTS) is 1. The van der Waals surface area contributed by atoms with Gasteiger partial charge in [-0.3, -0.25) is 9.48 Å². The number of ether oxygens (including phenoxy) is 2. The maximum absolute atomic E-state index is 12.2. The Morgan fingerprint density at radius 2 is 2.10 bits per heavy atom. The molecule has 2 N–H and O–H groups in total. The number of benzene rings is 1. The summed E-state index contributed by atoms with van der Waals surface area (Å²) in [6.45, 7) is 0.117. The van der Waals surface area contributed by atoms with Gasteiger partial charge in [0.1, 0.15) is 0 Å². The summed E-state index contributed by atoms with van der Waals surface area (Å²) in [5, 5.41) is 15.4. The van der Waals surface area contributed by atoms with E-state index in [0.29, 0.717) is 17.1 Å². The number of fused-ring (bicyclic) bond motifs is 1. The van der Waals surface area contributed by atoms with Gasteiger partial charge in [-0.25, -0.2) is 4.79 Å². The van der Waals surface area contributed by atoms with E-state index in [1.807, 2.05) is 0 Å². The Hall–Kier alpha value is -3.03. The first-order chi connectivity index (χ1) is 10.1. The summed E-state index contributed by atoms with van der Waals surface area (Å²) in [6, 6.07) is 4.73. The van der Waals surface area contributed by atoms with Crippen LogP contribution in [0.4, 0.5) is 5.69 Å². The molecule has 21 heavy (non-hydrogen) atoms. The predicted molar refractivity (Wildman–Crippen MR) is 70.7 cm³/mol. The molecule has 1 amide bonds. The molecule has 0 saturated carbocycles. The van der Waals surface area contributed by atoms with Gasteiger partial charge in [0.15, 0.2) is 17.2 Å². The molecular formula is C13H11N3O5. The van der Waals surface area contributed by atoms with Crippen LogP contribution in [0.1, 0.15) is 20.8 Å². The molecule has 0 unspecified atom stereocenters. The molecule has 1 aliphatic heterocycles. The van der Waals surface area contributed by atoms with E-state index in [4.69, 9.17) is 14.6 Å². The van der Waals surface area contributed by atoms with Crippen LogP contribution >= 0.6 is 0 Å². The molecule has 0 fully saturated rings. The number of carbonyl (C=O) groups is 2. The van der Waals surface area contributed by atoms with Crippen LogP contribution in [0.25, 0.3) is 0 Å². The molecular weight excluding hydrogens is 278 g/mol. The van der Waals surface area contributed by atoms with Crippen molar-refractivity contribution >= 4 is 17.6 Å². The molecule has 3 rings (SSSR count). The summed E-state index contributed by atoms with van der Waals surface area (Å²) < 4.78 is 11.5. The van der Waals surface area contributed by atoms with Crippen LogP contribution in [-0.2, 0) is 7.05 Å². The van der Waals surface area contributed by atoms with Crippen molar-refractivity contribution in [2.75, 3.05) is 12.1 Å². The van der Waals surface area contributed by atoms with Gasteiger partial charge in [-0.2, -0.15) is 5.10 Å². The third kappa shape index (κ3) is 2.27. The number of aromatic carboxylic acids is 1. The van der Waals surface area contributed by atoms with E-state index in [1.165, 1.54) is 24.0 Å². The molecule has 1 aromatic heterocycles. The van der Waals surface area contributed by atoms with E-state index in [2.05, 4.69) is 10.4 Å². The average molecular weight is 289 g/mol. The Kier molecular flexibility index (Phi) is 2.98. The zero-order valence-electron chi connectivity index (χ0n) is 11.0. The number of aryl methyl sites for hydroxylation is 1. The zero-order chi connectivity index (χ0) is 15.0. The number of hydrogen-bond donors (Lipinski definition) is 2. The number of nitrogens with one attached hydrogen (secondary N) is 1. The van der Waals surface area contributed by atoms with Gasteiger partial charge in [0.2, 0.25) is 6.79 Å².